The molecule has 1 unspecified atom stereocenters. The molecule has 1 fully saturated rings. The highest BCUT2D eigenvalue weighted by molar-refractivity contribution is 5.54. The predicted molar refractivity (Wildman–Crippen MR) is 103 cm³/mol. The van der Waals surface area contributed by atoms with Crippen LogP contribution in [0.3, 0.4) is 0 Å². The molecule has 1 atom stereocenters. The van der Waals surface area contributed by atoms with Gasteiger partial charge >= 0.3 is 0 Å². The third kappa shape index (κ3) is 3.96. The van der Waals surface area contributed by atoms with Crippen LogP contribution < -0.4 is 10.2 Å². The quantitative estimate of drug-likeness (QED) is 0.765. The summed E-state index contributed by atoms with van der Waals surface area (Å²) in [6, 6.07) is 13.8. The highest BCUT2D eigenvalue weighted by Crippen LogP contribution is 2.22. The Morgan fingerprint density at radius 2 is 1.81 bits per heavy atom. The van der Waals surface area contributed by atoms with Crippen molar-refractivity contribution in [2.45, 2.75) is 12.8 Å². The lowest BCUT2D eigenvalue weighted by Gasteiger charge is -2.33. The first-order valence-corrected chi connectivity index (χ1v) is 9.03. The van der Waals surface area contributed by atoms with Crippen LogP contribution in [0, 0.1) is 5.92 Å². The molecule has 26 heavy (non-hydrogen) atoms. The number of piperidine rings is 1. The molecule has 0 spiro atoms. The van der Waals surface area contributed by atoms with Crippen molar-refractivity contribution in [3.05, 3.63) is 61.1 Å². The SMILES string of the molecule is c1ccc(-c2ccnc(NCC3CCCN(c4ccccn4)C3)n2)nc1. The number of aromatic nitrogens is 4. The average molecular weight is 346 g/mol. The minimum absolute atomic E-state index is 0.549. The van der Waals surface area contributed by atoms with Gasteiger partial charge in [-0.25, -0.2) is 15.0 Å². The summed E-state index contributed by atoms with van der Waals surface area (Å²) in [7, 11) is 0. The summed E-state index contributed by atoms with van der Waals surface area (Å²) >= 11 is 0. The second-order valence-corrected chi connectivity index (χ2v) is 6.50. The number of nitrogens with zero attached hydrogens (tertiary/aromatic N) is 5. The molecule has 132 valence electrons. The normalized spacial score (nSPS) is 17.1. The van der Waals surface area contributed by atoms with Crippen LogP contribution in [0.2, 0.25) is 0 Å². The molecule has 3 aromatic rings. The van der Waals surface area contributed by atoms with E-state index >= 15 is 0 Å². The van der Waals surface area contributed by atoms with E-state index < -0.39 is 0 Å². The third-order valence-corrected chi connectivity index (χ3v) is 4.62. The van der Waals surface area contributed by atoms with Gasteiger partial charge in [0.25, 0.3) is 0 Å². The minimum Gasteiger partial charge on any atom is -0.356 e. The summed E-state index contributed by atoms with van der Waals surface area (Å²) in [6.45, 7) is 2.93. The van der Waals surface area contributed by atoms with Gasteiger partial charge in [-0.05, 0) is 49.1 Å². The van der Waals surface area contributed by atoms with Crippen LogP contribution in [0.4, 0.5) is 11.8 Å². The Kier molecular flexibility index (Phi) is 5.00. The number of hydrogen-bond donors (Lipinski definition) is 1. The third-order valence-electron chi connectivity index (χ3n) is 4.62. The first-order chi connectivity index (χ1) is 12.9. The van der Waals surface area contributed by atoms with Crippen molar-refractivity contribution >= 4 is 11.8 Å². The molecule has 0 bridgehead atoms. The van der Waals surface area contributed by atoms with Crippen molar-refractivity contribution in [3.8, 4) is 11.4 Å². The van der Waals surface area contributed by atoms with Crippen LogP contribution in [0.5, 0.6) is 0 Å². The van der Waals surface area contributed by atoms with Crippen LogP contribution in [0.15, 0.2) is 61.1 Å². The van der Waals surface area contributed by atoms with Gasteiger partial charge in [0.15, 0.2) is 0 Å². The van der Waals surface area contributed by atoms with Gasteiger partial charge in [0, 0.05) is 38.2 Å². The molecule has 0 aromatic carbocycles. The summed E-state index contributed by atoms with van der Waals surface area (Å²) in [6.07, 6.45) is 7.79. The van der Waals surface area contributed by atoms with E-state index in [0.29, 0.717) is 11.9 Å². The van der Waals surface area contributed by atoms with Gasteiger partial charge < -0.3 is 10.2 Å². The second kappa shape index (κ2) is 7.91. The van der Waals surface area contributed by atoms with Crippen LogP contribution in [0.25, 0.3) is 11.4 Å². The molecule has 3 aromatic heterocycles. The van der Waals surface area contributed by atoms with Gasteiger partial charge in [-0.1, -0.05) is 12.1 Å². The Labute approximate surface area is 153 Å². The maximum atomic E-state index is 4.59. The fourth-order valence-corrected chi connectivity index (χ4v) is 3.32. The van der Waals surface area contributed by atoms with E-state index in [-0.39, 0.29) is 0 Å². The molecule has 1 N–H and O–H groups in total. The molecule has 0 amide bonds. The zero-order valence-electron chi connectivity index (χ0n) is 14.6. The molecule has 1 aliphatic heterocycles. The summed E-state index contributed by atoms with van der Waals surface area (Å²) in [5.74, 6) is 2.27. The van der Waals surface area contributed by atoms with Crippen molar-refractivity contribution in [2.75, 3.05) is 29.9 Å². The Morgan fingerprint density at radius 1 is 0.923 bits per heavy atom. The molecule has 0 aliphatic carbocycles. The first-order valence-electron chi connectivity index (χ1n) is 9.03. The Hall–Kier alpha value is -3.02. The highest BCUT2D eigenvalue weighted by Gasteiger charge is 2.20. The smallest absolute Gasteiger partial charge is 0.223 e. The van der Waals surface area contributed by atoms with Crippen LogP contribution in [-0.4, -0.2) is 39.6 Å². The Morgan fingerprint density at radius 3 is 2.62 bits per heavy atom. The minimum atomic E-state index is 0.549. The van der Waals surface area contributed by atoms with Crippen molar-refractivity contribution in [3.63, 3.8) is 0 Å². The van der Waals surface area contributed by atoms with Crippen molar-refractivity contribution in [1.82, 2.24) is 19.9 Å². The van der Waals surface area contributed by atoms with E-state index in [9.17, 15) is 0 Å². The fraction of sp³-hybridized carbons (Fsp3) is 0.300. The number of rotatable bonds is 5. The van der Waals surface area contributed by atoms with Gasteiger partial charge in [0.05, 0.1) is 11.4 Å². The van der Waals surface area contributed by atoms with Gasteiger partial charge in [-0.2, -0.15) is 0 Å². The van der Waals surface area contributed by atoms with Crippen molar-refractivity contribution < 1.29 is 0 Å². The first kappa shape index (κ1) is 16.4. The topological polar surface area (TPSA) is 66.8 Å². The fourth-order valence-electron chi connectivity index (χ4n) is 3.32. The average Bonchev–Trinajstić information content (AvgIpc) is 2.74. The molecule has 0 radical (unpaired) electrons. The maximum Gasteiger partial charge on any atom is 0.223 e. The summed E-state index contributed by atoms with van der Waals surface area (Å²) in [5.41, 5.74) is 1.69. The lowest BCUT2D eigenvalue weighted by Crippen LogP contribution is -2.38. The predicted octanol–water partition coefficient (Wildman–Crippen LogP) is 3.26. The largest absolute Gasteiger partial charge is 0.356 e. The molecule has 6 nitrogen and oxygen atoms in total. The van der Waals surface area contributed by atoms with Crippen molar-refractivity contribution in [2.24, 2.45) is 5.92 Å². The summed E-state index contributed by atoms with van der Waals surface area (Å²) in [5, 5.41) is 3.40. The van der Waals surface area contributed by atoms with E-state index in [0.717, 1.165) is 36.8 Å². The molecule has 1 aliphatic rings. The molecule has 6 heteroatoms. The summed E-state index contributed by atoms with van der Waals surface area (Å²) in [4.78, 5) is 20.1. The molecule has 1 saturated heterocycles. The monoisotopic (exact) mass is 346 g/mol. The maximum absolute atomic E-state index is 4.59. The van der Waals surface area contributed by atoms with Crippen LogP contribution in [0.1, 0.15) is 12.8 Å². The lowest BCUT2D eigenvalue weighted by molar-refractivity contribution is 0.429. The van der Waals surface area contributed by atoms with E-state index in [2.05, 4.69) is 36.2 Å². The van der Waals surface area contributed by atoms with Crippen molar-refractivity contribution in [1.29, 1.82) is 0 Å². The van der Waals surface area contributed by atoms with E-state index in [1.54, 1.807) is 12.4 Å². The Bertz CT molecular complexity index is 824. The number of hydrogen-bond acceptors (Lipinski definition) is 6. The summed E-state index contributed by atoms with van der Waals surface area (Å²) < 4.78 is 0. The number of anilines is 2. The molecule has 0 saturated carbocycles. The van der Waals surface area contributed by atoms with E-state index in [4.69, 9.17) is 0 Å². The van der Waals surface area contributed by atoms with Crippen LogP contribution >= 0.6 is 0 Å². The zero-order valence-corrected chi connectivity index (χ0v) is 14.6. The lowest BCUT2D eigenvalue weighted by atomic mass is 9.98. The molecular weight excluding hydrogens is 324 g/mol. The highest BCUT2D eigenvalue weighted by atomic mass is 15.2. The zero-order chi connectivity index (χ0) is 17.6. The Balaban J connectivity index is 1.38. The number of pyridine rings is 2. The van der Waals surface area contributed by atoms with Gasteiger partial charge in [0.1, 0.15) is 5.82 Å². The molecule has 4 heterocycles. The molecule has 4 rings (SSSR count). The van der Waals surface area contributed by atoms with E-state index in [1.165, 1.54) is 12.8 Å². The van der Waals surface area contributed by atoms with Crippen LogP contribution in [-0.2, 0) is 0 Å². The number of nitrogens with one attached hydrogen (secondary N) is 1. The van der Waals surface area contributed by atoms with Gasteiger partial charge in [-0.15, -0.1) is 0 Å². The molecular formula is C20H22N6. The van der Waals surface area contributed by atoms with E-state index in [1.807, 2.05) is 42.6 Å². The standard InChI is InChI=1S/C20H22N6/c1-3-10-21-17(7-1)18-9-12-23-20(25-18)24-14-16-6-5-13-26(15-16)19-8-2-4-11-22-19/h1-4,7-12,16H,5-6,13-15H2,(H,23,24,25). The second-order valence-electron chi connectivity index (χ2n) is 6.50. The van der Waals surface area contributed by atoms with Gasteiger partial charge in [-0.3, -0.25) is 4.98 Å². The van der Waals surface area contributed by atoms with Gasteiger partial charge in [0.2, 0.25) is 5.95 Å².